The van der Waals surface area contributed by atoms with E-state index in [1.807, 2.05) is 18.2 Å². The molecule has 1 aromatic carbocycles. The Balaban J connectivity index is 1.74. The van der Waals surface area contributed by atoms with Crippen LogP contribution in [0.4, 0.5) is 5.13 Å². The van der Waals surface area contributed by atoms with Gasteiger partial charge in [-0.25, -0.2) is 4.98 Å². The van der Waals surface area contributed by atoms with Crippen LogP contribution in [0.1, 0.15) is 18.2 Å². The van der Waals surface area contributed by atoms with E-state index < -0.39 is 0 Å². The molecule has 2 aromatic heterocycles. The molecule has 1 aliphatic heterocycles. The molecule has 0 saturated carbocycles. The molecule has 3 heterocycles. The highest BCUT2D eigenvalue weighted by atomic mass is 32.1. The number of aryl methyl sites for hydroxylation is 1. The number of fused-ring (bicyclic) bond motifs is 1. The molecule has 0 aliphatic carbocycles. The zero-order chi connectivity index (χ0) is 17.9. The highest BCUT2D eigenvalue weighted by Gasteiger charge is 2.27. The van der Waals surface area contributed by atoms with E-state index in [1.165, 1.54) is 17.6 Å². The number of benzene rings is 1. The Bertz CT molecular complexity index is 946. The van der Waals surface area contributed by atoms with Crippen LogP contribution in [0.5, 0.6) is 0 Å². The summed E-state index contributed by atoms with van der Waals surface area (Å²) in [5.74, 6) is 0.557. The molecule has 0 unspecified atom stereocenters. The Morgan fingerprint density at radius 3 is 2.92 bits per heavy atom. The molecule has 1 amide bonds. The van der Waals surface area contributed by atoms with E-state index in [-0.39, 0.29) is 18.2 Å². The minimum absolute atomic E-state index is 0.178. The number of ether oxygens (including phenoxy) is 2. The highest BCUT2D eigenvalue weighted by Crippen LogP contribution is 2.33. The predicted octanol–water partition coefficient (Wildman–Crippen LogP) is 3.87. The van der Waals surface area contributed by atoms with Crippen molar-refractivity contribution in [2.45, 2.75) is 19.9 Å². The molecule has 6 nitrogen and oxygen atoms in total. The predicted molar refractivity (Wildman–Crippen MR) is 98.9 cm³/mol. The van der Waals surface area contributed by atoms with Crippen LogP contribution in [0, 0.1) is 0 Å². The molecule has 26 heavy (non-hydrogen) atoms. The first kappa shape index (κ1) is 16.7. The largest absolute Gasteiger partial charge is 0.494 e. The Morgan fingerprint density at radius 2 is 2.19 bits per heavy atom. The van der Waals surface area contributed by atoms with E-state index in [0.29, 0.717) is 24.1 Å². The second-order valence-electron chi connectivity index (χ2n) is 5.79. The van der Waals surface area contributed by atoms with E-state index in [9.17, 15) is 4.79 Å². The van der Waals surface area contributed by atoms with Gasteiger partial charge in [0.15, 0.2) is 5.13 Å². The molecule has 7 heteroatoms. The van der Waals surface area contributed by atoms with Gasteiger partial charge in [-0.3, -0.25) is 9.69 Å². The van der Waals surface area contributed by atoms with Gasteiger partial charge in [-0.2, -0.15) is 0 Å². The zero-order valence-electron chi connectivity index (χ0n) is 14.3. The van der Waals surface area contributed by atoms with Crippen molar-refractivity contribution in [3.63, 3.8) is 0 Å². The first-order valence-corrected chi connectivity index (χ1v) is 9.25. The first-order valence-electron chi connectivity index (χ1n) is 8.43. The van der Waals surface area contributed by atoms with E-state index in [4.69, 9.17) is 18.9 Å². The normalized spacial score (nSPS) is 13.8. The molecule has 4 rings (SSSR count). The van der Waals surface area contributed by atoms with Crippen molar-refractivity contribution in [3.05, 3.63) is 59.9 Å². The minimum atomic E-state index is -0.293. The molecule has 0 N–H and O–H groups in total. The molecule has 0 fully saturated rings. The Labute approximate surface area is 154 Å². The zero-order valence-corrected chi connectivity index (χ0v) is 15.1. The quantitative estimate of drug-likeness (QED) is 0.682. The third-order valence-electron chi connectivity index (χ3n) is 4.10. The molecule has 0 atom stereocenters. The summed E-state index contributed by atoms with van der Waals surface area (Å²) in [7, 11) is 0. The van der Waals surface area contributed by atoms with E-state index in [0.717, 1.165) is 22.2 Å². The molecule has 1 aliphatic rings. The lowest BCUT2D eigenvalue weighted by molar-refractivity contribution is -0.120. The number of nitrogens with zero attached hydrogens (tertiary/aromatic N) is 2. The number of amides is 1. The number of thiazole rings is 1. The summed E-state index contributed by atoms with van der Waals surface area (Å²) in [6, 6.07) is 9.72. The fourth-order valence-corrected chi connectivity index (χ4v) is 3.80. The van der Waals surface area contributed by atoms with E-state index in [1.54, 1.807) is 17.2 Å². The van der Waals surface area contributed by atoms with Crippen LogP contribution in [0.2, 0.25) is 0 Å². The molecular weight excluding hydrogens is 352 g/mol. The fourth-order valence-electron chi connectivity index (χ4n) is 2.79. The van der Waals surface area contributed by atoms with Gasteiger partial charge < -0.3 is 13.9 Å². The number of anilines is 1. The Hall–Kier alpha value is -2.80. The molecule has 0 radical (unpaired) electrons. The smallest absolute Gasteiger partial charge is 0.298 e. The van der Waals surface area contributed by atoms with Gasteiger partial charge in [0.25, 0.3) is 5.91 Å². The third-order valence-corrected chi connectivity index (χ3v) is 5.15. The SMILES string of the molecule is CCc1cccc2sc(N(Cc3ccco3)C(=O)C3=COCCO3)nc12. The number of furan rings is 1. The van der Waals surface area contributed by atoms with Crippen molar-refractivity contribution in [3.8, 4) is 0 Å². The maximum absolute atomic E-state index is 13.0. The van der Waals surface area contributed by atoms with E-state index in [2.05, 4.69) is 13.0 Å². The number of hydrogen-bond donors (Lipinski definition) is 0. The molecule has 0 saturated heterocycles. The van der Waals surface area contributed by atoms with Crippen LogP contribution in [-0.2, 0) is 27.2 Å². The van der Waals surface area contributed by atoms with Crippen LogP contribution in [0.25, 0.3) is 10.2 Å². The summed E-state index contributed by atoms with van der Waals surface area (Å²) in [5, 5.41) is 0.609. The maximum Gasteiger partial charge on any atom is 0.298 e. The second-order valence-corrected chi connectivity index (χ2v) is 6.79. The lowest BCUT2D eigenvalue weighted by Gasteiger charge is -2.22. The number of hydrogen-bond acceptors (Lipinski definition) is 6. The summed E-state index contributed by atoms with van der Waals surface area (Å²) in [5.41, 5.74) is 2.09. The van der Waals surface area contributed by atoms with Crippen molar-refractivity contribution in [2.24, 2.45) is 0 Å². The highest BCUT2D eigenvalue weighted by molar-refractivity contribution is 7.22. The monoisotopic (exact) mass is 370 g/mol. The van der Waals surface area contributed by atoms with Crippen LogP contribution in [0.15, 0.2) is 53.0 Å². The summed E-state index contributed by atoms with van der Waals surface area (Å²) in [4.78, 5) is 19.3. The van der Waals surface area contributed by atoms with Crippen LogP contribution in [-0.4, -0.2) is 24.1 Å². The molecular formula is C19H18N2O4S. The van der Waals surface area contributed by atoms with Crippen molar-refractivity contribution >= 4 is 32.6 Å². The Kier molecular flexibility index (Phi) is 4.62. The minimum Gasteiger partial charge on any atom is -0.494 e. The lowest BCUT2D eigenvalue weighted by atomic mass is 10.1. The van der Waals surface area contributed by atoms with Crippen molar-refractivity contribution in [1.29, 1.82) is 0 Å². The number of carbonyl (C=O) groups is 1. The molecule has 0 bridgehead atoms. The van der Waals surface area contributed by atoms with Crippen LogP contribution >= 0.6 is 11.3 Å². The average molecular weight is 370 g/mol. The standard InChI is InChI=1S/C19H18N2O4S/c1-2-13-5-3-7-16-17(13)20-19(26-16)21(11-14-6-4-8-24-14)18(22)15-12-23-9-10-25-15/h3-8,12H,2,9-11H2,1H3. The van der Waals surface area contributed by atoms with Gasteiger partial charge in [0.05, 0.1) is 23.0 Å². The van der Waals surface area contributed by atoms with Gasteiger partial charge in [-0.15, -0.1) is 0 Å². The molecule has 134 valence electrons. The van der Waals surface area contributed by atoms with Crippen LogP contribution in [0.3, 0.4) is 0 Å². The first-order chi connectivity index (χ1) is 12.8. The van der Waals surface area contributed by atoms with Gasteiger partial charge in [-0.1, -0.05) is 30.4 Å². The Morgan fingerprint density at radius 1 is 1.27 bits per heavy atom. The summed E-state index contributed by atoms with van der Waals surface area (Å²) < 4.78 is 17.2. The number of rotatable bonds is 5. The lowest BCUT2D eigenvalue weighted by Crippen LogP contribution is -2.33. The number of aromatic nitrogens is 1. The van der Waals surface area contributed by atoms with Crippen molar-refractivity contribution < 1.29 is 18.7 Å². The number of para-hydroxylation sites is 1. The van der Waals surface area contributed by atoms with E-state index >= 15 is 0 Å². The van der Waals surface area contributed by atoms with Gasteiger partial charge in [-0.05, 0) is 30.2 Å². The second kappa shape index (κ2) is 7.21. The van der Waals surface area contributed by atoms with Gasteiger partial charge >= 0.3 is 0 Å². The van der Waals surface area contributed by atoms with Gasteiger partial charge in [0.1, 0.15) is 25.2 Å². The third kappa shape index (κ3) is 3.17. The van der Waals surface area contributed by atoms with Crippen LogP contribution < -0.4 is 4.90 Å². The van der Waals surface area contributed by atoms with Crippen molar-refractivity contribution in [2.75, 3.05) is 18.1 Å². The number of carbonyl (C=O) groups excluding carboxylic acids is 1. The summed E-state index contributed by atoms with van der Waals surface area (Å²) >= 11 is 1.48. The van der Waals surface area contributed by atoms with Gasteiger partial charge in [0, 0.05) is 0 Å². The average Bonchev–Trinajstić information content (AvgIpc) is 3.35. The maximum atomic E-state index is 13.0. The summed E-state index contributed by atoms with van der Waals surface area (Å²) in [6.07, 6.45) is 3.84. The van der Waals surface area contributed by atoms with Gasteiger partial charge in [0.2, 0.25) is 5.76 Å². The molecule has 0 spiro atoms. The summed E-state index contributed by atoms with van der Waals surface area (Å²) in [6.45, 7) is 3.16. The van der Waals surface area contributed by atoms with Crippen molar-refractivity contribution in [1.82, 2.24) is 4.98 Å². The molecule has 3 aromatic rings. The topological polar surface area (TPSA) is 64.8 Å². The fraction of sp³-hybridized carbons (Fsp3) is 0.263.